The summed E-state index contributed by atoms with van der Waals surface area (Å²) in [5.41, 5.74) is 6.13. The highest BCUT2D eigenvalue weighted by atomic mass is 16.7. The van der Waals surface area contributed by atoms with Crippen molar-refractivity contribution in [2.75, 3.05) is 17.0 Å². The summed E-state index contributed by atoms with van der Waals surface area (Å²) < 4.78 is 12.5. The van der Waals surface area contributed by atoms with Gasteiger partial charge in [0.2, 0.25) is 5.91 Å². The summed E-state index contributed by atoms with van der Waals surface area (Å²) in [6.45, 7) is 15.3. The number of fused-ring (bicyclic) bond motifs is 1. The van der Waals surface area contributed by atoms with Gasteiger partial charge in [0.25, 0.3) is 5.91 Å². The lowest BCUT2D eigenvalue weighted by atomic mass is 9.91. The molecule has 1 aliphatic carbocycles. The maximum atomic E-state index is 14.1. The average molecular weight is 638 g/mol. The first-order valence-corrected chi connectivity index (χ1v) is 15.7. The highest BCUT2D eigenvalue weighted by Gasteiger charge is 2.32. The van der Waals surface area contributed by atoms with E-state index < -0.39 is 29.1 Å². The smallest absolute Gasteiger partial charge is 0.407 e. The molecular weight excluding hydrogens is 590 g/mol. The van der Waals surface area contributed by atoms with E-state index >= 15 is 0 Å². The molecule has 250 valence electrons. The highest BCUT2D eigenvalue weighted by molar-refractivity contribution is 6.05. The number of amides is 3. The first kappa shape index (κ1) is 34.5. The number of hydrogen-bond donors (Lipinski definition) is 3. The summed E-state index contributed by atoms with van der Waals surface area (Å²) in [6.07, 6.45) is 4.07. The van der Waals surface area contributed by atoms with E-state index in [1.807, 2.05) is 55.4 Å². The molecule has 2 aromatic heterocycles. The van der Waals surface area contributed by atoms with Crippen LogP contribution in [0.2, 0.25) is 0 Å². The van der Waals surface area contributed by atoms with E-state index in [1.54, 1.807) is 24.3 Å². The van der Waals surface area contributed by atoms with Crippen LogP contribution in [0, 0.1) is 6.92 Å². The van der Waals surface area contributed by atoms with Crippen molar-refractivity contribution in [3.8, 4) is 5.75 Å². The average Bonchev–Trinajstić information content (AvgIpc) is 3.33. The molecule has 46 heavy (non-hydrogen) atoms. The van der Waals surface area contributed by atoms with E-state index in [0.29, 0.717) is 46.3 Å². The predicted molar refractivity (Wildman–Crippen MR) is 175 cm³/mol. The van der Waals surface area contributed by atoms with Crippen LogP contribution < -0.4 is 26.2 Å². The molecule has 4 N–H and O–H groups in total. The van der Waals surface area contributed by atoms with Crippen molar-refractivity contribution < 1.29 is 28.7 Å². The lowest BCUT2D eigenvalue weighted by Crippen LogP contribution is -2.42. The number of benzene rings is 1. The molecule has 1 aromatic carbocycles. The topological polar surface area (TPSA) is 162 Å². The number of nitrogens with zero attached hydrogens (tertiary/aromatic N) is 4. The number of ether oxygens (including phenoxy) is 2. The minimum Gasteiger partial charge on any atom is -0.494 e. The minimum atomic E-state index is -0.765. The third-order valence-electron chi connectivity index (χ3n) is 7.23. The molecule has 0 spiro atoms. The Kier molecular flexibility index (Phi) is 10.4. The standard InChI is InChI=1S/C33H47N7O6/c1-9-44-25-16-10-21(11-17-25)30(42)40(46-33(6,7)8)29-20(2)27(38-28-22(18-26(34)41)19-35-39(28)29)36-23-12-14-24(15-13-23)37-31(43)45-32(3,4)5/h10-11,16-17,19,23-24H,9,12-15,18H2,1-8H3,(H2,34,41)(H,36,38)(H,37,43). The number of hydroxylamine groups is 1. The molecule has 0 aliphatic heterocycles. The molecule has 3 aromatic rings. The van der Waals surface area contributed by atoms with Crippen molar-refractivity contribution in [1.82, 2.24) is 19.9 Å². The Morgan fingerprint density at radius 2 is 1.63 bits per heavy atom. The number of hydrogen-bond acceptors (Lipinski definition) is 9. The molecule has 1 saturated carbocycles. The van der Waals surface area contributed by atoms with Crippen LogP contribution >= 0.6 is 0 Å². The maximum absolute atomic E-state index is 14.1. The Labute approximate surface area is 270 Å². The first-order chi connectivity index (χ1) is 21.5. The van der Waals surface area contributed by atoms with Gasteiger partial charge in [-0.15, -0.1) is 0 Å². The Bertz CT molecular complexity index is 1550. The fraction of sp³-hybridized carbons (Fsp3) is 0.545. The van der Waals surface area contributed by atoms with Crippen LogP contribution in [0.15, 0.2) is 30.5 Å². The van der Waals surface area contributed by atoms with Gasteiger partial charge >= 0.3 is 6.09 Å². The molecule has 0 radical (unpaired) electrons. The van der Waals surface area contributed by atoms with E-state index in [9.17, 15) is 14.4 Å². The molecule has 13 heteroatoms. The number of carbonyl (C=O) groups is 3. The van der Waals surface area contributed by atoms with Crippen LogP contribution in [-0.2, 0) is 20.8 Å². The van der Waals surface area contributed by atoms with Gasteiger partial charge in [-0.3, -0.25) is 14.4 Å². The molecule has 2 heterocycles. The molecule has 1 aliphatic rings. The largest absolute Gasteiger partial charge is 0.494 e. The molecule has 1 fully saturated rings. The molecule has 3 amide bonds. The van der Waals surface area contributed by atoms with Crippen LogP contribution in [0.4, 0.5) is 16.4 Å². The number of alkyl carbamates (subject to hydrolysis) is 1. The van der Waals surface area contributed by atoms with Gasteiger partial charge in [-0.1, -0.05) is 0 Å². The zero-order valence-electron chi connectivity index (χ0n) is 28.1. The zero-order chi connectivity index (χ0) is 33.8. The highest BCUT2D eigenvalue weighted by Crippen LogP contribution is 2.33. The van der Waals surface area contributed by atoms with Gasteiger partial charge in [-0.05, 0) is 105 Å². The SMILES string of the molecule is CCOc1ccc(C(=O)N(OC(C)(C)C)c2c(C)c(NC3CCC(NC(=O)OC(C)(C)C)CC3)nc3c(CC(N)=O)cnn23)cc1. The number of carbonyl (C=O) groups excluding carboxylic acids is 3. The molecular formula is C33H47N7O6. The van der Waals surface area contributed by atoms with Crippen LogP contribution in [-0.4, -0.2) is 62.4 Å². The van der Waals surface area contributed by atoms with Gasteiger partial charge in [0, 0.05) is 28.8 Å². The maximum Gasteiger partial charge on any atom is 0.407 e. The van der Waals surface area contributed by atoms with Gasteiger partial charge in [0.05, 0.1) is 24.8 Å². The fourth-order valence-corrected chi connectivity index (χ4v) is 5.28. The normalized spacial score (nSPS) is 17.0. The predicted octanol–water partition coefficient (Wildman–Crippen LogP) is 5.09. The van der Waals surface area contributed by atoms with Crippen molar-refractivity contribution >= 4 is 35.2 Å². The van der Waals surface area contributed by atoms with Crippen molar-refractivity contribution in [1.29, 1.82) is 0 Å². The lowest BCUT2D eigenvalue weighted by Gasteiger charge is -2.33. The number of rotatable bonds is 10. The summed E-state index contributed by atoms with van der Waals surface area (Å²) in [4.78, 5) is 49.6. The molecule has 13 nitrogen and oxygen atoms in total. The summed E-state index contributed by atoms with van der Waals surface area (Å²) >= 11 is 0. The van der Waals surface area contributed by atoms with Crippen molar-refractivity contribution in [2.24, 2.45) is 5.73 Å². The molecule has 0 bridgehead atoms. The van der Waals surface area contributed by atoms with Gasteiger partial charge in [-0.2, -0.15) is 14.7 Å². The van der Waals surface area contributed by atoms with E-state index in [1.165, 1.54) is 15.8 Å². The molecule has 4 rings (SSSR count). The second kappa shape index (κ2) is 13.9. The first-order valence-electron chi connectivity index (χ1n) is 15.7. The van der Waals surface area contributed by atoms with E-state index in [-0.39, 0.29) is 18.5 Å². The quantitative estimate of drug-likeness (QED) is 0.257. The second-order valence-corrected chi connectivity index (χ2v) is 13.6. The summed E-state index contributed by atoms with van der Waals surface area (Å²) in [7, 11) is 0. The van der Waals surface area contributed by atoms with Crippen LogP contribution in [0.5, 0.6) is 5.75 Å². The minimum absolute atomic E-state index is 0.000547. The third kappa shape index (κ3) is 8.87. The monoisotopic (exact) mass is 637 g/mol. The number of primary amides is 1. The van der Waals surface area contributed by atoms with Crippen LogP contribution in [0.25, 0.3) is 5.65 Å². The Morgan fingerprint density at radius 1 is 1.00 bits per heavy atom. The van der Waals surface area contributed by atoms with Gasteiger partial charge in [0.15, 0.2) is 11.5 Å². The van der Waals surface area contributed by atoms with E-state index in [0.717, 1.165) is 25.7 Å². The van der Waals surface area contributed by atoms with Gasteiger partial charge in [0.1, 0.15) is 17.2 Å². The van der Waals surface area contributed by atoms with Crippen molar-refractivity contribution in [2.45, 2.75) is 111 Å². The summed E-state index contributed by atoms with van der Waals surface area (Å²) in [6, 6.07) is 6.88. The van der Waals surface area contributed by atoms with Crippen molar-refractivity contribution in [3.05, 3.63) is 47.2 Å². The summed E-state index contributed by atoms with van der Waals surface area (Å²) in [5, 5.41) is 12.3. The fourth-order valence-electron chi connectivity index (χ4n) is 5.28. The van der Waals surface area contributed by atoms with Gasteiger partial charge in [-0.25, -0.2) is 9.78 Å². The third-order valence-corrected chi connectivity index (χ3v) is 7.23. The van der Waals surface area contributed by atoms with Crippen LogP contribution in [0.1, 0.15) is 95.6 Å². The number of nitrogens with one attached hydrogen (secondary N) is 2. The molecule has 0 atom stereocenters. The lowest BCUT2D eigenvalue weighted by molar-refractivity contribution is -0.117. The number of nitrogens with two attached hydrogens (primary N) is 1. The Hall–Kier alpha value is -4.39. The van der Waals surface area contributed by atoms with Gasteiger partial charge < -0.3 is 25.8 Å². The molecule has 0 saturated heterocycles. The second-order valence-electron chi connectivity index (χ2n) is 13.6. The summed E-state index contributed by atoms with van der Waals surface area (Å²) in [5.74, 6) is 0.574. The molecule has 0 unspecified atom stereocenters. The zero-order valence-corrected chi connectivity index (χ0v) is 28.1. The number of aromatic nitrogens is 3. The van der Waals surface area contributed by atoms with Crippen molar-refractivity contribution in [3.63, 3.8) is 0 Å². The Balaban J connectivity index is 1.69. The number of anilines is 2. The Morgan fingerprint density at radius 3 is 2.20 bits per heavy atom. The van der Waals surface area contributed by atoms with E-state index in [2.05, 4.69) is 15.7 Å². The van der Waals surface area contributed by atoms with Crippen LogP contribution in [0.3, 0.4) is 0 Å². The van der Waals surface area contributed by atoms with E-state index in [4.69, 9.17) is 25.0 Å².